The van der Waals surface area contributed by atoms with E-state index in [-0.39, 0.29) is 6.04 Å². The van der Waals surface area contributed by atoms with E-state index in [9.17, 15) is 9.59 Å². The van der Waals surface area contributed by atoms with Gasteiger partial charge in [0, 0.05) is 11.1 Å². The molecule has 120 valence electrons. The molecule has 0 fully saturated rings. The molecule has 4 nitrogen and oxygen atoms in total. The predicted octanol–water partition coefficient (Wildman–Crippen LogP) is 4.23. The number of carbonyl (C=O) groups excluding carboxylic acids is 2. The normalized spacial score (nSPS) is 15.9. The fourth-order valence-corrected chi connectivity index (χ4v) is 2.80. The van der Waals surface area contributed by atoms with Crippen LogP contribution in [0.15, 0.2) is 73.3 Å². The van der Waals surface area contributed by atoms with Crippen molar-refractivity contribution in [2.24, 2.45) is 0 Å². The largest absolute Gasteiger partial charge is 0.420 e. The summed E-state index contributed by atoms with van der Waals surface area (Å²) in [6.07, 6.45) is 4.36. The van der Waals surface area contributed by atoms with Gasteiger partial charge in [-0.05, 0) is 24.6 Å². The number of para-hydroxylation sites is 2. The van der Waals surface area contributed by atoms with Gasteiger partial charge in [0.2, 0.25) is 0 Å². The van der Waals surface area contributed by atoms with E-state index in [1.54, 1.807) is 41.3 Å². The van der Waals surface area contributed by atoms with E-state index in [1.165, 1.54) is 0 Å². The van der Waals surface area contributed by atoms with Crippen LogP contribution < -0.4 is 9.64 Å². The molecule has 2 aromatic rings. The van der Waals surface area contributed by atoms with Crippen molar-refractivity contribution in [2.45, 2.75) is 12.5 Å². The van der Waals surface area contributed by atoms with Gasteiger partial charge in [-0.2, -0.15) is 0 Å². The number of rotatable bonds is 4. The Balaban J connectivity index is 2.00. The number of fused-ring (bicyclic) bond motifs is 1. The van der Waals surface area contributed by atoms with Crippen LogP contribution >= 0.6 is 0 Å². The fraction of sp³-hybridized carbons (Fsp3) is 0.100. The summed E-state index contributed by atoms with van der Waals surface area (Å²) in [5, 5.41) is 0. The van der Waals surface area contributed by atoms with Gasteiger partial charge in [-0.15, -0.1) is 6.58 Å². The average Bonchev–Trinajstić information content (AvgIpc) is 2.62. The number of anilines is 1. The second kappa shape index (κ2) is 6.96. The van der Waals surface area contributed by atoms with Crippen molar-refractivity contribution >= 4 is 23.6 Å². The smallest absolute Gasteiger partial charge is 0.410 e. The highest BCUT2D eigenvalue weighted by Gasteiger charge is 2.31. The number of amides is 1. The molecule has 2 aromatic carbocycles. The number of nitrogens with zero attached hydrogens (tertiary/aromatic N) is 1. The molecule has 1 aliphatic rings. The highest BCUT2D eigenvalue weighted by molar-refractivity contribution is 6.12. The minimum Gasteiger partial charge on any atom is -0.410 e. The lowest BCUT2D eigenvalue weighted by molar-refractivity contribution is -0.103. The summed E-state index contributed by atoms with van der Waals surface area (Å²) in [6.45, 7) is 3.74. The van der Waals surface area contributed by atoms with Gasteiger partial charge in [0.15, 0.2) is 0 Å². The van der Waals surface area contributed by atoms with E-state index in [4.69, 9.17) is 4.74 Å². The molecular weight excluding hydrogens is 302 g/mol. The first-order valence-electron chi connectivity index (χ1n) is 7.68. The van der Waals surface area contributed by atoms with Crippen LogP contribution in [-0.4, -0.2) is 18.4 Å². The number of ether oxygens (including phenoxy) is 1. The van der Waals surface area contributed by atoms with Crippen LogP contribution in [0.25, 0.3) is 5.57 Å². The Labute approximate surface area is 140 Å². The molecule has 4 heteroatoms. The summed E-state index contributed by atoms with van der Waals surface area (Å²) in [5.74, 6) is 0.475. The maximum Gasteiger partial charge on any atom is 0.420 e. The first-order chi connectivity index (χ1) is 11.7. The van der Waals surface area contributed by atoms with Gasteiger partial charge in [0.1, 0.15) is 12.0 Å². The van der Waals surface area contributed by atoms with Gasteiger partial charge >= 0.3 is 6.09 Å². The van der Waals surface area contributed by atoms with Crippen LogP contribution in [0, 0.1) is 0 Å². The van der Waals surface area contributed by atoms with E-state index in [0.717, 1.165) is 11.8 Å². The third-order valence-electron chi connectivity index (χ3n) is 3.86. The standard InChI is InChI=1S/C20H17NO3/c1-2-8-16-13-15(14-22)18-11-6-7-12-19(18)21(16)20(23)24-17-9-4-3-5-10-17/h2-7,9-14,16H,1,8H2. The molecule has 1 unspecified atom stereocenters. The van der Waals surface area contributed by atoms with Crippen LogP contribution in [0.2, 0.25) is 0 Å². The van der Waals surface area contributed by atoms with Crippen molar-refractivity contribution in [1.82, 2.24) is 0 Å². The Kier molecular flexibility index (Phi) is 4.57. The molecular formula is C20H17NO3. The molecule has 0 aliphatic carbocycles. The summed E-state index contributed by atoms with van der Waals surface area (Å²) in [7, 11) is 0. The average molecular weight is 319 g/mol. The molecule has 1 aliphatic heterocycles. The fourth-order valence-electron chi connectivity index (χ4n) is 2.80. The summed E-state index contributed by atoms with van der Waals surface area (Å²) < 4.78 is 5.49. The third-order valence-corrected chi connectivity index (χ3v) is 3.86. The number of carbonyl (C=O) groups is 2. The van der Waals surface area contributed by atoms with Crippen molar-refractivity contribution in [3.63, 3.8) is 0 Å². The molecule has 0 spiro atoms. The number of benzene rings is 2. The molecule has 3 rings (SSSR count). The third kappa shape index (κ3) is 2.99. The predicted molar refractivity (Wildman–Crippen MR) is 94.0 cm³/mol. The van der Waals surface area contributed by atoms with E-state index in [0.29, 0.717) is 23.4 Å². The molecule has 0 saturated heterocycles. The molecule has 1 amide bonds. The van der Waals surface area contributed by atoms with Gasteiger partial charge in [-0.25, -0.2) is 4.79 Å². The van der Waals surface area contributed by atoms with Crippen molar-refractivity contribution < 1.29 is 14.3 Å². The van der Waals surface area contributed by atoms with Gasteiger partial charge in [0.25, 0.3) is 0 Å². The highest BCUT2D eigenvalue weighted by atomic mass is 16.6. The summed E-state index contributed by atoms with van der Waals surface area (Å²) in [5.41, 5.74) is 1.95. The Morgan fingerprint density at radius 1 is 1.12 bits per heavy atom. The number of hydrogen-bond donors (Lipinski definition) is 0. The molecule has 1 atom stereocenters. The zero-order valence-corrected chi connectivity index (χ0v) is 13.1. The lowest BCUT2D eigenvalue weighted by Crippen LogP contribution is -2.43. The van der Waals surface area contributed by atoms with E-state index in [1.807, 2.05) is 30.3 Å². The Morgan fingerprint density at radius 3 is 2.54 bits per heavy atom. The van der Waals surface area contributed by atoms with Gasteiger partial charge in [0.05, 0.1) is 11.7 Å². The Hall–Kier alpha value is -3.14. The molecule has 24 heavy (non-hydrogen) atoms. The van der Waals surface area contributed by atoms with Crippen molar-refractivity contribution in [3.05, 3.63) is 78.9 Å². The van der Waals surface area contributed by atoms with Crippen LogP contribution in [0.1, 0.15) is 12.0 Å². The van der Waals surface area contributed by atoms with Crippen molar-refractivity contribution in [2.75, 3.05) is 4.90 Å². The molecule has 0 aromatic heterocycles. The highest BCUT2D eigenvalue weighted by Crippen LogP contribution is 2.35. The van der Waals surface area contributed by atoms with Crippen LogP contribution in [-0.2, 0) is 4.79 Å². The van der Waals surface area contributed by atoms with E-state index < -0.39 is 6.09 Å². The van der Waals surface area contributed by atoms with Gasteiger partial charge < -0.3 is 4.74 Å². The van der Waals surface area contributed by atoms with Crippen LogP contribution in [0.4, 0.5) is 10.5 Å². The maximum atomic E-state index is 12.8. The minimum atomic E-state index is -0.485. The monoisotopic (exact) mass is 319 g/mol. The first-order valence-corrected chi connectivity index (χ1v) is 7.68. The molecule has 0 saturated carbocycles. The lowest BCUT2D eigenvalue weighted by Gasteiger charge is -2.33. The quantitative estimate of drug-likeness (QED) is 0.626. The van der Waals surface area contributed by atoms with E-state index >= 15 is 0 Å². The topological polar surface area (TPSA) is 46.6 Å². The zero-order chi connectivity index (χ0) is 16.9. The Bertz CT molecular complexity index is 796. The second-order valence-corrected chi connectivity index (χ2v) is 5.40. The maximum absolute atomic E-state index is 12.8. The first kappa shape index (κ1) is 15.7. The minimum absolute atomic E-state index is 0.311. The van der Waals surface area contributed by atoms with Gasteiger partial charge in [-0.3, -0.25) is 9.69 Å². The Morgan fingerprint density at radius 2 is 1.83 bits per heavy atom. The van der Waals surface area contributed by atoms with E-state index in [2.05, 4.69) is 6.58 Å². The second-order valence-electron chi connectivity index (χ2n) is 5.40. The molecule has 0 radical (unpaired) electrons. The van der Waals surface area contributed by atoms with Crippen LogP contribution in [0.3, 0.4) is 0 Å². The lowest BCUT2D eigenvalue weighted by atomic mass is 9.95. The number of allylic oxidation sites excluding steroid dienone is 1. The van der Waals surface area contributed by atoms with Crippen LogP contribution in [0.5, 0.6) is 5.75 Å². The molecule has 0 N–H and O–H groups in total. The van der Waals surface area contributed by atoms with Gasteiger partial charge in [-0.1, -0.05) is 48.6 Å². The summed E-state index contributed by atoms with van der Waals surface area (Å²) >= 11 is 0. The SMILES string of the molecule is C=CCC1C=C(C=O)c2ccccc2N1C(=O)Oc1ccccc1. The zero-order valence-electron chi connectivity index (χ0n) is 13.1. The molecule has 1 heterocycles. The molecule has 0 bridgehead atoms. The summed E-state index contributed by atoms with van der Waals surface area (Å²) in [6, 6.07) is 15.9. The number of aldehydes is 1. The van der Waals surface area contributed by atoms with Crippen molar-refractivity contribution in [3.8, 4) is 5.75 Å². The van der Waals surface area contributed by atoms with Crippen molar-refractivity contribution in [1.29, 1.82) is 0 Å². The number of hydrogen-bond acceptors (Lipinski definition) is 3. The summed E-state index contributed by atoms with van der Waals surface area (Å²) in [4.78, 5) is 25.7.